The number of phenols is 2. The maximum Gasteiger partial charge on any atom is 0.257 e. The zero-order valence-electron chi connectivity index (χ0n) is 8.79. The summed E-state index contributed by atoms with van der Waals surface area (Å²) in [4.78, 5) is 15.5. The number of nitrogens with one attached hydrogen (secondary N) is 1. The Bertz CT molecular complexity index is 541. The van der Waals surface area contributed by atoms with Crippen LogP contribution in [0.5, 0.6) is 11.5 Å². The molecule has 0 saturated carbocycles. The fraction of sp³-hybridized carbons (Fsp3) is 0. The normalized spacial score (nSPS) is 9.88. The van der Waals surface area contributed by atoms with Gasteiger partial charge in [-0.2, -0.15) is 0 Å². The summed E-state index contributed by atoms with van der Waals surface area (Å²) in [5, 5.41) is 21.1. The standard InChI is InChI=1S/C12H10N2O3/c15-9-3-4-10(11(16)6-9)14-12(17)8-2-1-5-13-7-8/h1-7,15-16H,(H,14,17). The Morgan fingerprint density at radius 1 is 1.24 bits per heavy atom. The Hall–Kier alpha value is -2.56. The molecule has 86 valence electrons. The smallest absolute Gasteiger partial charge is 0.257 e. The van der Waals surface area contributed by atoms with Crippen LogP contribution in [-0.2, 0) is 0 Å². The summed E-state index contributed by atoms with van der Waals surface area (Å²) in [6.07, 6.45) is 2.99. The SMILES string of the molecule is O=C(Nc1ccc(O)cc1O)c1cccnc1. The van der Waals surface area contributed by atoms with Gasteiger partial charge in [0.2, 0.25) is 0 Å². The van der Waals surface area contributed by atoms with Crippen molar-refractivity contribution in [1.82, 2.24) is 4.98 Å². The Morgan fingerprint density at radius 3 is 2.71 bits per heavy atom. The van der Waals surface area contributed by atoms with Gasteiger partial charge in [-0.15, -0.1) is 0 Å². The van der Waals surface area contributed by atoms with Crippen molar-refractivity contribution >= 4 is 11.6 Å². The van der Waals surface area contributed by atoms with Crippen LogP contribution in [0, 0.1) is 0 Å². The molecule has 1 amide bonds. The summed E-state index contributed by atoms with van der Waals surface area (Å²) in [5.74, 6) is -0.636. The van der Waals surface area contributed by atoms with Gasteiger partial charge in [-0.3, -0.25) is 9.78 Å². The first-order valence-electron chi connectivity index (χ1n) is 4.90. The molecule has 0 radical (unpaired) electrons. The quantitative estimate of drug-likeness (QED) is 0.542. The van der Waals surface area contributed by atoms with Crippen LogP contribution in [0.4, 0.5) is 5.69 Å². The zero-order valence-corrected chi connectivity index (χ0v) is 8.79. The first-order valence-corrected chi connectivity index (χ1v) is 4.90. The molecule has 17 heavy (non-hydrogen) atoms. The first kappa shape index (κ1) is 10.9. The number of anilines is 1. The summed E-state index contributed by atoms with van der Waals surface area (Å²) in [6, 6.07) is 7.20. The van der Waals surface area contributed by atoms with Gasteiger partial charge in [0.1, 0.15) is 11.5 Å². The van der Waals surface area contributed by atoms with Gasteiger partial charge in [0.25, 0.3) is 5.91 Å². The van der Waals surface area contributed by atoms with Gasteiger partial charge in [0, 0.05) is 18.5 Å². The highest BCUT2D eigenvalue weighted by molar-refractivity contribution is 6.04. The van der Waals surface area contributed by atoms with E-state index in [1.807, 2.05) is 0 Å². The number of carbonyl (C=O) groups excluding carboxylic acids is 1. The van der Waals surface area contributed by atoms with Gasteiger partial charge in [-0.1, -0.05) is 0 Å². The topological polar surface area (TPSA) is 82.5 Å². The van der Waals surface area contributed by atoms with Gasteiger partial charge in [0.15, 0.2) is 0 Å². The predicted molar refractivity (Wildman–Crippen MR) is 62.0 cm³/mol. The van der Waals surface area contributed by atoms with E-state index in [0.29, 0.717) is 5.56 Å². The van der Waals surface area contributed by atoms with Crippen molar-refractivity contribution in [3.63, 3.8) is 0 Å². The highest BCUT2D eigenvalue weighted by Gasteiger charge is 2.08. The highest BCUT2D eigenvalue weighted by atomic mass is 16.3. The lowest BCUT2D eigenvalue weighted by Gasteiger charge is -2.07. The zero-order chi connectivity index (χ0) is 12.3. The average molecular weight is 230 g/mol. The van der Waals surface area contributed by atoms with Crippen molar-refractivity contribution < 1.29 is 15.0 Å². The number of carbonyl (C=O) groups is 1. The lowest BCUT2D eigenvalue weighted by Crippen LogP contribution is -2.11. The van der Waals surface area contributed by atoms with E-state index in [1.54, 1.807) is 18.3 Å². The molecule has 0 saturated heterocycles. The number of rotatable bonds is 2. The van der Waals surface area contributed by atoms with E-state index >= 15 is 0 Å². The number of hydrogen-bond acceptors (Lipinski definition) is 4. The maximum atomic E-state index is 11.7. The number of amides is 1. The first-order chi connectivity index (χ1) is 8.16. The molecule has 3 N–H and O–H groups in total. The summed E-state index contributed by atoms with van der Waals surface area (Å²) >= 11 is 0. The highest BCUT2D eigenvalue weighted by Crippen LogP contribution is 2.27. The van der Waals surface area contributed by atoms with Crippen LogP contribution in [0.15, 0.2) is 42.7 Å². The van der Waals surface area contributed by atoms with E-state index in [1.165, 1.54) is 18.3 Å². The van der Waals surface area contributed by atoms with Gasteiger partial charge in [-0.25, -0.2) is 0 Å². The third-order valence-electron chi connectivity index (χ3n) is 2.15. The number of nitrogens with zero attached hydrogens (tertiary/aromatic N) is 1. The molecule has 2 aromatic rings. The molecule has 5 nitrogen and oxygen atoms in total. The number of aromatic hydroxyl groups is 2. The summed E-state index contributed by atoms with van der Waals surface area (Å²) in [7, 11) is 0. The van der Waals surface area contributed by atoms with E-state index in [4.69, 9.17) is 5.11 Å². The molecule has 0 aliphatic heterocycles. The van der Waals surface area contributed by atoms with Crippen molar-refractivity contribution in [1.29, 1.82) is 0 Å². The Morgan fingerprint density at radius 2 is 2.06 bits per heavy atom. The van der Waals surface area contributed by atoms with E-state index in [9.17, 15) is 9.90 Å². The van der Waals surface area contributed by atoms with Crippen LogP contribution >= 0.6 is 0 Å². The van der Waals surface area contributed by atoms with Crippen LogP contribution in [-0.4, -0.2) is 21.1 Å². The minimum Gasteiger partial charge on any atom is -0.508 e. The molecule has 2 rings (SSSR count). The lowest BCUT2D eigenvalue weighted by atomic mass is 10.2. The summed E-state index contributed by atoms with van der Waals surface area (Å²) < 4.78 is 0. The Labute approximate surface area is 97.4 Å². The molecule has 1 heterocycles. The van der Waals surface area contributed by atoms with Crippen molar-refractivity contribution in [3.8, 4) is 11.5 Å². The van der Waals surface area contributed by atoms with E-state index in [0.717, 1.165) is 6.07 Å². The number of benzene rings is 1. The van der Waals surface area contributed by atoms with Crippen LogP contribution < -0.4 is 5.32 Å². The molecule has 0 aliphatic carbocycles. The van der Waals surface area contributed by atoms with Gasteiger partial charge in [-0.05, 0) is 24.3 Å². The minimum atomic E-state index is -0.376. The second-order valence-corrected chi connectivity index (χ2v) is 3.40. The summed E-state index contributed by atoms with van der Waals surface area (Å²) in [6.45, 7) is 0. The Balaban J connectivity index is 2.19. The molecule has 0 spiro atoms. The molecule has 1 aromatic heterocycles. The fourth-order valence-corrected chi connectivity index (χ4v) is 1.32. The number of pyridine rings is 1. The fourth-order valence-electron chi connectivity index (χ4n) is 1.32. The average Bonchev–Trinajstić information content (AvgIpc) is 2.34. The number of phenolic OH excluding ortho intramolecular Hbond substituents is 2. The molecule has 5 heteroatoms. The minimum absolute atomic E-state index is 0.0677. The van der Waals surface area contributed by atoms with Crippen LogP contribution in [0.25, 0.3) is 0 Å². The number of aromatic nitrogens is 1. The number of hydrogen-bond donors (Lipinski definition) is 3. The molecule has 1 aromatic carbocycles. The molecule has 0 aliphatic rings. The van der Waals surface area contributed by atoms with Crippen molar-refractivity contribution in [2.24, 2.45) is 0 Å². The van der Waals surface area contributed by atoms with Crippen LogP contribution in [0.2, 0.25) is 0 Å². The Kier molecular flexibility index (Phi) is 2.91. The second-order valence-electron chi connectivity index (χ2n) is 3.40. The van der Waals surface area contributed by atoms with Crippen LogP contribution in [0.3, 0.4) is 0 Å². The van der Waals surface area contributed by atoms with Gasteiger partial charge < -0.3 is 15.5 Å². The second kappa shape index (κ2) is 4.52. The van der Waals surface area contributed by atoms with Crippen molar-refractivity contribution in [2.45, 2.75) is 0 Å². The molecule has 0 bridgehead atoms. The molecule has 0 fully saturated rings. The molecule has 0 atom stereocenters. The lowest BCUT2D eigenvalue weighted by molar-refractivity contribution is 0.102. The maximum absolute atomic E-state index is 11.7. The largest absolute Gasteiger partial charge is 0.508 e. The third kappa shape index (κ3) is 2.52. The van der Waals surface area contributed by atoms with Gasteiger partial charge >= 0.3 is 0 Å². The molecular formula is C12H10N2O3. The molecule has 0 unspecified atom stereocenters. The molecular weight excluding hydrogens is 220 g/mol. The van der Waals surface area contributed by atoms with E-state index < -0.39 is 0 Å². The van der Waals surface area contributed by atoms with Crippen LogP contribution in [0.1, 0.15) is 10.4 Å². The summed E-state index contributed by atoms with van der Waals surface area (Å²) in [5.41, 5.74) is 0.622. The van der Waals surface area contributed by atoms with Gasteiger partial charge in [0.05, 0.1) is 11.3 Å². The predicted octanol–water partition coefficient (Wildman–Crippen LogP) is 1.75. The van der Waals surface area contributed by atoms with E-state index in [-0.39, 0.29) is 23.1 Å². The monoisotopic (exact) mass is 230 g/mol. The van der Waals surface area contributed by atoms with Crippen molar-refractivity contribution in [3.05, 3.63) is 48.3 Å². The third-order valence-corrected chi connectivity index (χ3v) is 2.15. The van der Waals surface area contributed by atoms with Crippen molar-refractivity contribution in [2.75, 3.05) is 5.32 Å². The van der Waals surface area contributed by atoms with E-state index in [2.05, 4.69) is 10.3 Å².